The molecule has 0 aliphatic carbocycles. The highest BCUT2D eigenvalue weighted by Gasteiger charge is 2.38. The van der Waals surface area contributed by atoms with E-state index >= 15 is 0 Å². The fourth-order valence-corrected chi connectivity index (χ4v) is 2.48. The molecular formula is C16H10F2N2O5. The second kappa shape index (κ2) is 6.27. The number of nitro benzene ring substituents is 1. The quantitative estimate of drug-likeness (QED) is 0.471. The minimum Gasteiger partial charge on any atom is -0.485 e. The van der Waals surface area contributed by atoms with Crippen LogP contribution in [0, 0.1) is 10.1 Å². The van der Waals surface area contributed by atoms with Crippen molar-refractivity contribution in [3.63, 3.8) is 0 Å². The van der Waals surface area contributed by atoms with Gasteiger partial charge in [0.1, 0.15) is 18.0 Å². The van der Waals surface area contributed by atoms with Gasteiger partial charge in [-0.3, -0.25) is 19.7 Å². The molecule has 25 heavy (non-hydrogen) atoms. The number of hydrogen-bond donors (Lipinski definition) is 0. The number of fused-ring (bicyclic) bond motifs is 1. The molecule has 0 aromatic heterocycles. The van der Waals surface area contributed by atoms with Gasteiger partial charge in [0.25, 0.3) is 23.9 Å². The lowest BCUT2D eigenvalue weighted by atomic mass is 10.1. The Morgan fingerprint density at radius 2 is 1.68 bits per heavy atom. The first-order valence-electron chi connectivity index (χ1n) is 7.07. The fraction of sp³-hybridized carbons (Fsp3) is 0.125. The second-order valence-electron chi connectivity index (χ2n) is 5.10. The van der Waals surface area contributed by atoms with Gasteiger partial charge in [-0.15, -0.1) is 0 Å². The van der Waals surface area contributed by atoms with Gasteiger partial charge in [0.05, 0.1) is 16.1 Å². The first-order chi connectivity index (χ1) is 11.9. The van der Waals surface area contributed by atoms with Crippen LogP contribution in [0.1, 0.15) is 20.7 Å². The number of non-ortho nitro benzene ring substituents is 1. The molecule has 2 aromatic rings. The maximum absolute atomic E-state index is 12.5. The van der Waals surface area contributed by atoms with E-state index in [1.807, 2.05) is 0 Å². The number of carbonyl (C=O) groups is 2. The predicted molar refractivity (Wildman–Crippen MR) is 82.2 cm³/mol. The minimum atomic E-state index is -2.79. The molecule has 0 fully saturated rings. The molecule has 1 aliphatic rings. The van der Waals surface area contributed by atoms with Crippen LogP contribution in [-0.4, -0.2) is 29.8 Å². The molecule has 0 spiro atoms. The zero-order valence-electron chi connectivity index (χ0n) is 12.5. The lowest BCUT2D eigenvalue weighted by Gasteiger charge is -2.18. The number of ether oxygens (including phenoxy) is 1. The molecule has 128 valence electrons. The molecule has 9 heteroatoms. The molecule has 2 aromatic carbocycles. The van der Waals surface area contributed by atoms with Gasteiger partial charge < -0.3 is 4.74 Å². The maximum Gasteiger partial charge on any atom is 0.272 e. The van der Waals surface area contributed by atoms with E-state index in [2.05, 4.69) is 0 Å². The Morgan fingerprint density at radius 3 is 2.20 bits per heavy atom. The number of carbonyl (C=O) groups excluding carboxylic acids is 2. The maximum atomic E-state index is 12.5. The minimum absolute atomic E-state index is 0.124. The zero-order valence-corrected chi connectivity index (χ0v) is 12.5. The third-order valence-electron chi connectivity index (χ3n) is 3.55. The normalized spacial score (nSPS) is 13.3. The number of anilines is 1. The number of alkyl halides is 2. The van der Waals surface area contributed by atoms with Gasteiger partial charge in [0.15, 0.2) is 0 Å². The van der Waals surface area contributed by atoms with E-state index in [1.165, 1.54) is 12.1 Å². The van der Waals surface area contributed by atoms with Crippen molar-refractivity contribution in [2.24, 2.45) is 0 Å². The monoisotopic (exact) mass is 348 g/mol. The molecule has 0 bridgehead atoms. The molecule has 0 N–H and O–H groups in total. The summed E-state index contributed by atoms with van der Waals surface area (Å²) in [5, 5.41) is 11.0. The Labute approximate surface area is 139 Å². The Balaban J connectivity index is 2.09. The standard InChI is InChI=1S/C16H10F2N2O5/c17-14(18)8-25-13-6-5-9(20(23)24)7-12(13)19-15(21)10-3-1-2-4-11(10)16(19)22/h1-7,14H,8H2. The number of imide groups is 1. The molecule has 0 saturated carbocycles. The van der Waals surface area contributed by atoms with Crippen molar-refractivity contribution in [2.75, 3.05) is 11.5 Å². The van der Waals surface area contributed by atoms with E-state index in [0.29, 0.717) is 4.90 Å². The van der Waals surface area contributed by atoms with Crippen molar-refractivity contribution < 1.29 is 28.0 Å². The average molecular weight is 348 g/mol. The number of hydrogen-bond acceptors (Lipinski definition) is 5. The predicted octanol–water partition coefficient (Wildman–Crippen LogP) is 3.04. The Bertz CT molecular complexity index is 850. The van der Waals surface area contributed by atoms with Crippen LogP contribution in [0.15, 0.2) is 42.5 Å². The third-order valence-corrected chi connectivity index (χ3v) is 3.55. The van der Waals surface area contributed by atoms with Crippen LogP contribution in [0.2, 0.25) is 0 Å². The molecule has 1 aliphatic heterocycles. The molecule has 3 rings (SSSR count). The number of halogens is 2. The lowest BCUT2D eigenvalue weighted by Crippen LogP contribution is -2.30. The highest BCUT2D eigenvalue weighted by molar-refractivity contribution is 6.34. The van der Waals surface area contributed by atoms with Gasteiger partial charge >= 0.3 is 0 Å². The number of amides is 2. The van der Waals surface area contributed by atoms with Crippen molar-refractivity contribution in [1.82, 2.24) is 0 Å². The number of nitro groups is 1. The summed E-state index contributed by atoms with van der Waals surface area (Å²) in [7, 11) is 0. The Hall–Kier alpha value is -3.36. The SMILES string of the molecule is O=C1c2ccccc2C(=O)N1c1cc([N+](=O)[O-])ccc1OCC(F)F. The number of rotatable bonds is 5. The summed E-state index contributed by atoms with van der Waals surface area (Å²) in [6, 6.07) is 9.08. The van der Waals surface area contributed by atoms with Crippen LogP contribution in [0.25, 0.3) is 0 Å². The van der Waals surface area contributed by atoms with E-state index in [-0.39, 0.29) is 22.6 Å². The molecule has 0 radical (unpaired) electrons. The van der Waals surface area contributed by atoms with E-state index in [9.17, 15) is 28.5 Å². The summed E-state index contributed by atoms with van der Waals surface area (Å²) in [5.41, 5.74) is -0.408. The number of benzene rings is 2. The lowest BCUT2D eigenvalue weighted by molar-refractivity contribution is -0.384. The zero-order chi connectivity index (χ0) is 18.1. The molecule has 0 saturated heterocycles. The van der Waals surface area contributed by atoms with Crippen molar-refractivity contribution in [3.8, 4) is 5.75 Å². The van der Waals surface area contributed by atoms with Crippen LogP contribution in [0.5, 0.6) is 5.75 Å². The first-order valence-corrected chi connectivity index (χ1v) is 7.07. The summed E-state index contributed by atoms with van der Waals surface area (Å²) >= 11 is 0. The summed E-state index contributed by atoms with van der Waals surface area (Å²) in [6.07, 6.45) is -2.79. The molecule has 7 nitrogen and oxygen atoms in total. The summed E-state index contributed by atoms with van der Waals surface area (Å²) in [6.45, 7) is -0.978. The van der Waals surface area contributed by atoms with E-state index < -0.39 is 35.5 Å². The van der Waals surface area contributed by atoms with Gasteiger partial charge in [-0.1, -0.05) is 12.1 Å². The Morgan fingerprint density at radius 1 is 1.08 bits per heavy atom. The molecule has 0 unspecified atom stereocenters. The van der Waals surface area contributed by atoms with Gasteiger partial charge in [-0.05, 0) is 18.2 Å². The van der Waals surface area contributed by atoms with Crippen LogP contribution in [0.3, 0.4) is 0 Å². The van der Waals surface area contributed by atoms with Crippen LogP contribution in [0.4, 0.5) is 20.2 Å². The van der Waals surface area contributed by atoms with Crippen LogP contribution >= 0.6 is 0 Å². The highest BCUT2D eigenvalue weighted by atomic mass is 19.3. The van der Waals surface area contributed by atoms with Gasteiger partial charge in [0, 0.05) is 12.1 Å². The topological polar surface area (TPSA) is 89.8 Å². The third kappa shape index (κ3) is 2.91. The smallest absolute Gasteiger partial charge is 0.272 e. The second-order valence-corrected chi connectivity index (χ2v) is 5.10. The average Bonchev–Trinajstić information content (AvgIpc) is 2.84. The first kappa shape index (κ1) is 16.5. The fourth-order valence-electron chi connectivity index (χ4n) is 2.48. The van der Waals surface area contributed by atoms with Gasteiger partial charge in [-0.25, -0.2) is 13.7 Å². The Kier molecular flexibility index (Phi) is 4.14. The van der Waals surface area contributed by atoms with Crippen LogP contribution < -0.4 is 9.64 Å². The molecule has 0 atom stereocenters. The summed E-state index contributed by atoms with van der Waals surface area (Å²) < 4.78 is 29.8. The summed E-state index contributed by atoms with van der Waals surface area (Å²) in [4.78, 5) is 36.0. The van der Waals surface area contributed by atoms with Crippen LogP contribution in [-0.2, 0) is 0 Å². The van der Waals surface area contributed by atoms with Gasteiger partial charge in [0.2, 0.25) is 0 Å². The van der Waals surface area contributed by atoms with Crippen molar-refractivity contribution in [1.29, 1.82) is 0 Å². The molecule has 1 heterocycles. The van der Waals surface area contributed by atoms with E-state index in [4.69, 9.17) is 4.74 Å². The highest BCUT2D eigenvalue weighted by Crippen LogP contribution is 2.37. The van der Waals surface area contributed by atoms with E-state index in [1.54, 1.807) is 12.1 Å². The van der Waals surface area contributed by atoms with Gasteiger partial charge in [-0.2, -0.15) is 0 Å². The number of nitrogens with zero attached hydrogens (tertiary/aromatic N) is 2. The summed E-state index contributed by atoms with van der Waals surface area (Å²) in [5.74, 6) is -1.63. The largest absolute Gasteiger partial charge is 0.485 e. The van der Waals surface area contributed by atoms with E-state index in [0.717, 1.165) is 18.2 Å². The molecular weight excluding hydrogens is 338 g/mol. The van der Waals surface area contributed by atoms with Crippen molar-refractivity contribution in [3.05, 3.63) is 63.7 Å². The van der Waals surface area contributed by atoms with Crippen molar-refractivity contribution in [2.45, 2.75) is 6.43 Å². The van der Waals surface area contributed by atoms with Crippen molar-refractivity contribution >= 4 is 23.2 Å². The molecule has 2 amide bonds.